The summed E-state index contributed by atoms with van der Waals surface area (Å²) in [6.07, 6.45) is 5.26. The molecule has 0 amide bonds. The lowest BCUT2D eigenvalue weighted by Gasteiger charge is -2.09. The maximum absolute atomic E-state index is 4.48. The van der Waals surface area contributed by atoms with Crippen LogP contribution in [0, 0.1) is 6.92 Å². The van der Waals surface area contributed by atoms with Crippen molar-refractivity contribution in [1.82, 2.24) is 24.9 Å². The summed E-state index contributed by atoms with van der Waals surface area (Å²) in [4.78, 5) is 20.2. The predicted molar refractivity (Wildman–Crippen MR) is 93.7 cm³/mol. The van der Waals surface area contributed by atoms with E-state index in [1.807, 2.05) is 43.5 Å². The van der Waals surface area contributed by atoms with Gasteiger partial charge in [0.2, 0.25) is 5.95 Å². The van der Waals surface area contributed by atoms with Crippen LogP contribution in [0.3, 0.4) is 0 Å². The maximum Gasteiger partial charge on any atom is 0.227 e. The summed E-state index contributed by atoms with van der Waals surface area (Å²) in [5, 5.41) is 7.44. The number of benzene rings is 1. The Morgan fingerprint density at radius 3 is 2.33 bits per heavy atom. The smallest absolute Gasteiger partial charge is 0.227 e. The van der Waals surface area contributed by atoms with Gasteiger partial charge in [-0.1, -0.05) is 0 Å². The third-order valence-corrected chi connectivity index (χ3v) is 3.50. The first-order valence-electron chi connectivity index (χ1n) is 7.51. The van der Waals surface area contributed by atoms with Crippen molar-refractivity contribution < 1.29 is 0 Å². The van der Waals surface area contributed by atoms with Crippen molar-refractivity contribution in [2.45, 2.75) is 6.92 Å². The van der Waals surface area contributed by atoms with Gasteiger partial charge in [0.25, 0.3) is 0 Å². The van der Waals surface area contributed by atoms with Crippen LogP contribution in [0.1, 0.15) is 5.82 Å². The minimum atomic E-state index is 0.568. The number of hydrogen-bond acceptors (Lipinski definition) is 6. The van der Waals surface area contributed by atoms with E-state index in [0.717, 1.165) is 28.2 Å². The van der Waals surface area contributed by atoms with Gasteiger partial charge >= 0.3 is 0 Å². The highest BCUT2D eigenvalue weighted by atomic mass is 15.1. The number of anilines is 4. The van der Waals surface area contributed by atoms with E-state index in [4.69, 9.17) is 0 Å². The zero-order chi connectivity index (χ0) is 16.4. The van der Waals surface area contributed by atoms with Crippen molar-refractivity contribution in [3.05, 3.63) is 60.8 Å². The summed E-state index contributed by atoms with van der Waals surface area (Å²) >= 11 is 0. The molecule has 118 valence electrons. The van der Waals surface area contributed by atoms with E-state index in [1.54, 1.807) is 18.5 Å². The van der Waals surface area contributed by atoms with E-state index in [2.05, 4.69) is 35.6 Å². The Kier molecular flexibility index (Phi) is 3.51. The second kappa shape index (κ2) is 5.96. The molecule has 4 aromatic rings. The number of aromatic amines is 1. The fraction of sp³-hybridized carbons (Fsp3) is 0.0588. The summed E-state index contributed by atoms with van der Waals surface area (Å²) in [6, 6.07) is 11.6. The maximum atomic E-state index is 4.48. The lowest BCUT2D eigenvalue weighted by Crippen LogP contribution is -1.99. The topological polar surface area (TPSA) is 91.4 Å². The molecule has 0 spiro atoms. The lowest BCUT2D eigenvalue weighted by molar-refractivity contribution is 1.08. The molecule has 0 unspecified atom stereocenters. The summed E-state index contributed by atoms with van der Waals surface area (Å²) < 4.78 is 0. The van der Waals surface area contributed by atoms with Crippen LogP contribution in [0.5, 0.6) is 0 Å². The lowest BCUT2D eigenvalue weighted by atomic mass is 10.2. The van der Waals surface area contributed by atoms with Crippen LogP contribution in [0.4, 0.5) is 23.1 Å². The molecule has 0 atom stereocenters. The van der Waals surface area contributed by atoms with Crippen molar-refractivity contribution in [1.29, 1.82) is 0 Å². The van der Waals surface area contributed by atoms with E-state index in [1.165, 1.54) is 0 Å². The summed E-state index contributed by atoms with van der Waals surface area (Å²) in [5.74, 6) is 2.07. The molecule has 3 heterocycles. The van der Waals surface area contributed by atoms with Crippen molar-refractivity contribution in [2.75, 3.05) is 10.6 Å². The van der Waals surface area contributed by atoms with Crippen LogP contribution in [0.25, 0.3) is 11.0 Å². The van der Waals surface area contributed by atoms with Crippen LogP contribution >= 0.6 is 0 Å². The Bertz CT molecular complexity index is 961. The first kappa shape index (κ1) is 14.1. The van der Waals surface area contributed by atoms with Gasteiger partial charge in [0, 0.05) is 30.0 Å². The third-order valence-electron chi connectivity index (χ3n) is 3.50. The van der Waals surface area contributed by atoms with Gasteiger partial charge in [-0.3, -0.25) is 0 Å². The van der Waals surface area contributed by atoms with Gasteiger partial charge in [-0.15, -0.1) is 0 Å². The molecule has 4 rings (SSSR count). The minimum absolute atomic E-state index is 0.568. The number of H-pyrrole nitrogens is 1. The Labute approximate surface area is 138 Å². The molecule has 0 saturated heterocycles. The molecule has 0 saturated carbocycles. The van der Waals surface area contributed by atoms with Gasteiger partial charge in [-0.05, 0) is 43.3 Å². The molecule has 24 heavy (non-hydrogen) atoms. The monoisotopic (exact) mass is 317 g/mol. The fourth-order valence-electron chi connectivity index (χ4n) is 2.41. The van der Waals surface area contributed by atoms with Gasteiger partial charge in [0.15, 0.2) is 0 Å². The zero-order valence-corrected chi connectivity index (χ0v) is 13.0. The molecule has 0 fully saturated rings. The Morgan fingerprint density at radius 1 is 0.875 bits per heavy atom. The first-order chi connectivity index (χ1) is 11.8. The number of fused-ring (bicyclic) bond motifs is 1. The molecule has 0 radical (unpaired) electrons. The van der Waals surface area contributed by atoms with Gasteiger partial charge < -0.3 is 15.6 Å². The zero-order valence-electron chi connectivity index (χ0n) is 13.0. The molecule has 7 nitrogen and oxygen atoms in total. The van der Waals surface area contributed by atoms with Gasteiger partial charge in [0.1, 0.15) is 17.3 Å². The predicted octanol–water partition coefficient (Wildman–Crippen LogP) is 3.54. The fourth-order valence-corrected chi connectivity index (χ4v) is 2.41. The molecule has 1 aromatic carbocycles. The van der Waals surface area contributed by atoms with Crippen LogP contribution in [0.2, 0.25) is 0 Å². The molecule has 0 aliphatic rings. The van der Waals surface area contributed by atoms with Crippen molar-refractivity contribution >= 4 is 34.2 Å². The summed E-state index contributed by atoms with van der Waals surface area (Å²) in [6.45, 7) is 1.87. The van der Waals surface area contributed by atoms with Crippen molar-refractivity contribution in [3.63, 3.8) is 0 Å². The molecule has 3 aromatic heterocycles. The van der Waals surface area contributed by atoms with E-state index < -0.39 is 0 Å². The standard InChI is InChI=1S/C17H15N7/c1-11-21-15-14(7-10-18-15)16(22-11)23-12-3-5-13(6-4-12)24-17-19-8-2-9-20-17/h2-10H,1H3,(H,19,20,24)(H2,18,21,22,23). The number of aryl methyl sites for hydroxylation is 1. The molecular formula is C17H15N7. The van der Waals surface area contributed by atoms with Crippen LogP contribution in [-0.2, 0) is 0 Å². The van der Waals surface area contributed by atoms with Crippen LogP contribution in [-0.4, -0.2) is 24.9 Å². The Hall–Kier alpha value is -3.48. The van der Waals surface area contributed by atoms with Gasteiger partial charge in [-0.25, -0.2) is 19.9 Å². The molecule has 7 heteroatoms. The van der Waals surface area contributed by atoms with Crippen LogP contribution < -0.4 is 10.6 Å². The highest BCUT2D eigenvalue weighted by molar-refractivity contribution is 5.89. The largest absolute Gasteiger partial charge is 0.346 e. The average molecular weight is 317 g/mol. The molecule has 0 aliphatic heterocycles. The summed E-state index contributed by atoms with van der Waals surface area (Å²) in [7, 11) is 0. The second-order valence-corrected chi connectivity index (χ2v) is 5.26. The first-order valence-corrected chi connectivity index (χ1v) is 7.51. The minimum Gasteiger partial charge on any atom is -0.346 e. The van der Waals surface area contributed by atoms with E-state index in [0.29, 0.717) is 11.8 Å². The second-order valence-electron chi connectivity index (χ2n) is 5.26. The normalized spacial score (nSPS) is 10.7. The van der Waals surface area contributed by atoms with E-state index >= 15 is 0 Å². The Balaban J connectivity index is 1.56. The van der Waals surface area contributed by atoms with Gasteiger partial charge in [0.05, 0.1) is 5.39 Å². The number of hydrogen-bond donors (Lipinski definition) is 3. The van der Waals surface area contributed by atoms with Gasteiger partial charge in [-0.2, -0.15) is 0 Å². The Morgan fingerprint density at radius 2 is 1.58 bits per heavy atom. The number of rotatable bonds is 4. The van der Waals surface area contributed by atoms with Crippen molar-refractivity contribution in [2.24, 2.45) is 0 Å². The van der Waals surface area contributed by atoms with Crippen molar-refractivity contribution in [3.8, 4) is 0 Å². The highest BCUT2D eigenvalue weighted by Gasteiger charge is 2.07. The van der Waals surface area contributed by atoms with E-state index in [9.17, 15) is 0 Å². The number of nitrogens with zero attached hydrogens (tertiary/aromatic N) is 4. The SMILES string of the molecule is Cc1nc(Nc2ccc(Nc3ncccn3)cc2)c2cc[nH]c2n1. The number of nitrogens with one attached hydrogen (secondary N) is 3. The summed E-state index contributed by atoms with van der Waals surface area (Å²) in [5.41, 5.74) is 2.68. The quantitative estimate of drug-likeness (QED) is 0.533. The highest BCUT2D eigenvalue weighted by Crippen LogP contribution is 2.24. The average Bonchev–Trinajstić information content (AvgIpc) is 3.06. The third kappa shape index (κ3) is 2.87. The number of aromatic nitrogens is 5. The van der Waals surface area contributed by atoms with Crippen LogP contribution in [0.15, 0.2) is 55.0 Å². The molecule has 0 bridgehead atoms. The molecule has 0 aliphatic carbocycles. The van der Waals surface area contributed by atoms with E-state index in [-0.39, 0.29) is 0 Å². The molecule has 3 N–H and O–H groups in total. The molecular weight excluding hydrogens is 302 g/mol.